The van der Waals surface area contributed by atoms with Crippen LogP contribution in [-0.2, 0) is 9.84 Å². The molecule has 1 N–H and O–H groups in total. The van der Waals surface area contributed by atoms with Gasteiger partial charge in [0.15, 0.2) is 9.84 Å². The Morgan fingerprint density at radius 3 is 2.86 bits per heavy atom. The monoisotopic (exact) mass is 237 g/mol. The van der Waals surface area contributed by atoms with Gasteiger partial charge >= 0.3 is 0 Å². The molecule has 0 radical (unpaired) electrons. The first-order valence-electron chi connectivity index (χ1n) is 5.04. The molecule has 3 nitrogen and oxygen atoms in total. The van der Waals surface area contributed by atoms with Crippen molar-refractivity contribution in [3.05, 3.63) is 0 Å². The van der Waals surface area contributed by atoms with Crippen molar-refractivity contribution in [3.8, 4) is 0 Å². The van der Waals surface area contributed by atoms with Crippen LogP contribution in [0.15, 0.2) is 0 Å². The zero-order valence-electron chi connectivity index (χ0n) is 8.66. The van der Waals surface area contributed by atoms with Crippen LogP contribution in [0, 0.1) is 5.92 Å². The molecule has 0 bridgehead atoms. The molecule has 1 heterocycles. The predicted molar refractivity (Wildman–Crippen MR) is 62.6 cm³/mol. The van der Waals surface area contributed by atoms with Gasteiger partial charge in [-0.1, -0.05) is 0 Å². The smallest absolute Gasteiger partial charge is 0.150 e. The van der Waals surface area contributed by atoms with E-state index in [0.717, 1.165) is 19.5 Å². The van der Waals surface area contributed by atoms with Gasteiger partial charge in [-0.15, -0.1) is 0 Å². The summed E-state index contributed by atoms with van der Waals surface area (Å²) in [6.07, 6.45) is 4.11. The summed E-state index contributed by atoms with van der Waals surface area (Å²) in [6.45, 7) is 1.88. The van der Waals surface area contributed by atoms with E-state index in [1.54, 1.807) is 0 Å². The summed E-state index contributed by atoms with van der Waals surface area (Å²) in [5, 5.41) is 3.32. The van der Waals surface area contributed by atoms with Gasteiger partial charge in [-0.25, -0.2) is 8.42 Å². The van der Waals surface area contributed by atoms with Gasteiger partial charge in [0.2, 0.25) is 0 Å². The molecule has 0 saturated carbocycles. The quantitative estimate of drug-likeness (QED) is 0.693. The van der Waals surface area contributed by atoms with Crippen molar-refractivity contribution in [2.45, 2.75) is 12.8 Å². The first-order valence-corrected chi connectivity index (χ1v) is 8.25. The van der Waals surface area contributed by atoms with Crippen molar-refractivity contribution in [1.29, 1.82) is 0 Å². The Balaban J connectivity index is 2.03. The van der Waals surface area contributed by atoms with Crippen LogP contribution in [0.5, 0.6) is 0 Å². The fraction of sp³-hybridized carbons (Fsp3) is 1.00. The number of rotatable bonds is 6. The molecule has 14 heavy (non-hydrogen) atoms. The molecule has 0 amide bonds. The van der Waals surface area contributed by atoms with Gasteiger partial charge in [0.25, 0.3) is 0 Å². The normalized spacial score (nSPS) is 25.4. The lowest BCUT2D eigenvalue weighted by molar-refractivity contribution is 0.521. The van der Waals surface area contributed by atoms with Crippen molar-refractivity contribution in [2.24, 2.45) is 5.92 Å². The molecule has 1 rings (SSSR count). The summed E-state index contributed by atoms with van der Waals surface area (Å²) in [7, 11) is -2.69. The van der Waals surface area contributed by atoms with Gasteiger partial charge in [-0.05, 0) is 43.9 Å². The van der Waals surface area contributed by atoms with Gasteiger partial charge < -0.3 is 5.32 Å². The second-order valence-electron chi connectivity index (χ2n) is 3.82. The second kappa shape index (κ2) is 5.98. The fourth-order valence-corrected chi connectivity index (χ4v) is 3.98. The van der Waals surface area contributed by atoms with Crippen LogP contribution in [0.4, 0.5) is 0 Å². The second-order valence-corrected chi connectivity index (χ2v) is 7.03. The molecule has 0 aromatic rings. The Bertz CT molecular complexity index is 252. The van der Waals surface area contributed by atoms with Crippen LogP contribution in [0.1, 0.15) is 12.8 Å². The molecular weight excluding hydrogens is 218 g/mol. The van der Waals surface area contributed by atoms with Crippen molar-refractivity contribution in [1.82, 2.24) is 5.32 Å². The highest BCUT2D eigenvalue weighted by atomic mass is 32.2. The molecule has 1 atom stereocenters. The van der Waals surface area contributed by atoms with Crippen LogP contribution in [0.25, 0.3) is 0 Å². The molecule has 0 spiro atoms. The largest absolute Gasteiger partial charge is 0.316 e. The van der Waals surface area contributed by atoms with Crippen molar-refractivity contribution < 1.29 is 8.42 Å². The third-order valence-corrected chi connectivity index (χ3v) is 5.00. The van der Waals surface area contributed by atoms with Crippen LogP contribution in [0.3, 0.4) is 0 Å². The van der Waals surface area contributed by atoms with E-state index in [-0.39, 0.29) is 0 Å². The minimum Gasteiger partial charge on any atom is -0.316 e. The van der Waals surface area contributed by atoms with Crippen LogP contribution < -0.4 is 5.32 Å². The van der Waals surface area contributed by atoms with Crippen LogP contribution in [-0.4, -0.2) is 45.0 Å². The minimum absolute atomic E-state index is 0.356. The van der Waals surface area contributed by atoms with Gasteiger partial charge in [-0.3, -0.25) is 0 Å². The molecule has 1 unspecified atom stereocenters. The SMILES string of the molecule is CSCCCNCC1CCS(=O)(=O)C1. The maximum Gasteiger partial charge on any atom is 0.150 e. The molecule has 1 fully saturated rings. The highest BCUT2D eigenvalue weighted by Gasteiger charge is 2.27. The zero-order chi connectivity index (χ0) is 10.4. The van der Waals surface area contributed by atoms with Crippen molar-refractivity contribution >= 4 is 21.6 Å². The summed E-state index contributed by atoms with van der Waals surface area (Å²) >= 11 is 1.85. The molecule has 1 saturated heterocycles. The molecule has 0 aromatic carbocycles. The van der Waals surface area contributed by atoms with E-state index >= 15 is 0 Å². The maximum absolute atomic E-state index is 11.1. The van der Waals surface area contributed by atoms with Gasteiger partial charge in [0.1, 0.15) is 0 Å². The number of sulfone groups is 1. The Hall–Kier alpha value is 0.260. The molecule has 5 heteroatoms. The van der Waals surface area contributed by atoms with Crippen molar-refractivity contribution in [2.75, 3.05) is 36.6 Å². The average Bonchev–Trinajstić information content (AvgIpc) is 2.45. The molecule has 84 valence electrons. The van der Waals surface area contributed by atoms with E-state index in [9.17, 15) is 8.42 Å². The molecule has 0 aromatic heterocycles. The summed E-state index contributed by atoms with van der Waals surface area (Å²) in [4.78, 5) is 0. The van der Waals surface area contributed by atoms with Crippen LogP contribution >= 0.6 is 11.8 Å². The average molecular weight is 237 g/mol. The summed E-state index contributed by atoms with van der Waals surface area (Å²) in [5.41, 5.74) is 0. The first kappa shape index (κ1) is 12.3. The van der Waals surface area contributed by atoms with Crippen LogP contribution in [0.2, 0.25) is 0 Å². The van der Waals surface area contributed by atoms with Gasteiger partial charge in [0, 0.05) is 0 Å². The van der Waals surface area contributed by atoms with Crippen molar-refractivity contribution in [3.63, 3.8) is 0 Å². The maximum atomic E-state index is 11.1. The fourth-order valence-electron chi connectivity index (χ4n) is 1.68. The van der Waals surface area contributed by atoms with E-state index < -0.39 is 9.84 Å². The standard InChI is InChI=1S/C9H19NO2S2/c1-13-5-2-4-10-7-9-3-6-14(11,12)8-9/h9-10H,2-8H2,1H3. The zero-order valence-corrected chi connectivity index (χ0v) is 10.3. The third-order valence-electron chi connectivity index (χ3n) is 2.46. The molecule has 0 aliphatic carbocycles. The lowest BCUT2D eigenvalue weighted by Gasteiger charge is -2.08. The number of hydrogen-bond acceptors (Lipinski definition) is 4. The van der Waals surface area contributed by atoms with E-state index in [4.69, 9.17) is 0 Å². The third kappa shape index (κ3) is 4.66. The lowest BCUT2D eigenvalue weighted by Crippen LogP contribution is -2.24. The Labute approximate surface area is 91.0 Å². The lowest BCUT2D eigenvalue weighted by atomic mass is 10.1. The van der Waals surface area contributed by atoms with E-state index in [0.29, 0.717) is 17.4 Å². The number of thioether (sulfide) groups is 1. The highest BCUT2D eigenvalue weighted by Crippen LogP contribution is 2.17. The minimum atomic E-state index is -2.69. The Kier molecular flexibility index (Phi) is 5.26. The van der Waals surface area contributed by atoms with Gasteiger partial charge in [-0.2, -0.15) is 11.8 Å². The Morgan fingerprint density at radius 1 is 1.50 bits per heavy atom. The highest BCUT2D eigenvalue weighted by molar-refractivity contribution is 7.98. The number of nitrogens with one attached hydrogen (secondary N) is 1. The summed E-state index contributed by atoms with van der Waals surface area (Å²) in [6, 6.07) is 0. The van der Waals surface area contributed by atoms with E-state index in [2.05, 4.69) is 11.6 Å². The molecule has 1 aliphatic heterocycles. The molecule has 1 aliphatic rings. The van der Waals surface area contributed by atoms with Gasteiger partial charge in [0.05, 0.1) is 11.5 Å². The first-order chi connectivity index (χ1) is 6.64. The topological polar surface area (TPSA) is 46.2 Å². The predicted octanol–water partition coefficient (Wildman–Crippen LogP) is 0.764. The number of hydrogen-bond donors (Lipinski definition) is 1. The molecular formula is C9H19NO2S2. The summed E-state index contributed by atoms with van der Waals surface area (Å²) < 4.78 is 22.3. The van der Waals surface area contributed by atoms with E-state index in [1.807, 2.05) is 11.8 Å². The van der Waals surface area contributed by atoms with E-state index in [1.165, 1.54) is 12.2 Å². The summed E-state index contributed by atoms with van der Waals surface area (Å²) in [5.74, 6) is 2.32. The Morgan fingerprint density at radius 2 is 2.29 bits per heavy atom.